The van der Waals surface area contributed by atoms with Crippen LogP contribution in [-0.2, 0) is 25.9 Å². The number of anilines is 1. The minimum absolute atomic E-state index is 0.00992. The van der Waals surface area contributed by atoms with Gasteiger partial charge in [-0.25, -0.2) is 8.42 Å². The zero-order valence-electron chi connectivity index (χ0n) is 26.6. The molecular formula is C34H48N4O5S. The molecule has 3 fully saturated rings. The highest BCUT2D eigenvalue weighted by atomic mass is 32.2. The van der Waals surface area contributed by atoms with E-state index < -0.39 is 9.84 Å². The monoisotopic (exact) mass is 624 g/mol. The number of hydrogen-bond donors (Lipinski definition) is 2. The van der Waals surface area contributed by atoms with Crippen molar-refractivity contribution in [2.75, 3.05) is 55.8 Å². The van der Waals surface area contributed by atoms with Crippen LogP contribution < -0.4 is 15.5 Å². The summed E-state index contributed by atoms with van der Waals surface area (Å²) < 4.78 is 29.9. The standard InChI is InChI=1S/C34H48N4O5S/c1-5-38(29-10-16-44(41,42)17-11-29)32-20-28(27-8-6-26(7-9-27)22-37-12-14-43-15-13-37)19-30(25(32)4)33(39)35-21-31-23(2)18-24(3)36-34(31)40/h6-9,19-20,23-24,29,31H,5,10-18,21-22H2,1-4H3,(H,35,39)(H,36,40). The number of ether oxygens (including phenoxy) is 1. The van der Waals surface area contributed by atoms with Crippen molar-refractivity contribution in [2.45, 2.75) is 65.6 Å². The largest absolute Gasteiger partial charge is 0.379 e. The first-order chi connectivity index (χ1) is 21.0. The Kier molecular flexibility index (Phi) is 10.3. The van der Waals surface area contributed by atoms with Crippen molar-refractivity contribution in [3.63, 3.8) is 0 Å². The quantitative estimate of drug-likeness (QED) is 0.437. The predicted octanol–water partition coefficient (Wildman–Crippen LogP) is 3.79. The van der Waals surface area contributed by atoms with Gasteiger partial charge in [-0.05, 0) is 80.3 Å². The number of sulfone groups is 1. The first-order valence-corrected chi connectivity index (χ1v) is 18.0. The zero-order chi connectivity index (χ0) is 31.4. The summed E-state index contributed by atoms with van der Waals surface area (Å²) in [6.45, 7) is 13.4. The predicted molar refractivity (Wildman–Crippen MR) is 175 cm³/mol. The molecule has 240 valence electrons. The van der Waals surface area contributed by atoms with E-state index >= 15 is 0 Å². The number of nitrogens with one attached hydrogen (secondary N) is 2. The minimum Gasteiger partial charge on any atom is -0.379 e. The first kappa shape index (κ1) is 32.4. The molecule has 0 spiro atoms. The van der Waals surface area contributed by atoms with Gasteiger partial charge < -0.3 is 20.3 Å². The van der Waals surface area contributed by atoms with Crippen LogP contribution in [0.15, 0.2) is 36.4 Å². The van der Waals surface area contributed by atoms with Crippen molar-refractivity contribution < 1.29 is 22.7 Å². The van der Waals surface area contributed by atoms with E-state index in [1.807, 2.05) is 19.9 Å². The van der Waals surface area contributed by atoms with Gasteiger partial charge in [-0.3, -0.25) is 14.5 Å². The Bertz CT molecular complexity index is 1420. The Morgan fingerprint density at radius 1 is 1.07 bits per heavy atom. The van der Waals surface area contributed by atoms with Gasteiger partial charge in [0.15, 0.2) is 0 Å². The molecule has 3 aliphatic heterocycles. The number of hydrogen-bond acceptors (Lipinski definition) is 7. The highest BCUT2D eigenvalue weighted by Crippen LogP contribution is 2.34. The summed E-state index contributed by atoms with van der Waals surface area (Å²) in [4.78, 5) is 31.2. The highest BCUT2D eigenvalue weighted by molar-refractivity contribution is 7.91. The van der Waals surface area contributed by atoms with Gasteiger partial charge in [0.25, 0.3) is 5.91 Å². The summed E-state index contributed by atoms with van der Waals surface area (Å²) in [5, 5.41) is 6.10. The maximum Gasteiger partial charge on any atom is 0.251 e. The SMILES string of the molecule is CCN(c1cc(-c2ccc(CN3CCOCC3)cc2)cc(C(=O)NCC2C(=O)NC(C)CC2C)c1C)C1CCS(=O)(=O)CC1. The van der Waals surface area contributed by atoms with Crippen LogP contribution in [0.1, 0.15) is 61.5 Å². The fourth-order valence-corrected chi connectivity index (χ4v) is 8.48. The molecule has 0 saturated carbocycles. The second kappa shape index (κ2) is 14.0. The molecule has 3 saturated heterocycles. The summed E-state index contributed by atoms with van der Waals surface area (Å²) in [5.74, 6) is 0.0697. The average Bonchev–Trinajstić information content (AvgIpc) is 2.99. The Hall–Kier alpha value is -2.95. The third kappa shape index (κ3) is 7.64. The molecular weight excluding hydrogens is 576 g/mol. The lowest BCUT2D eigenvalue weighted by Gasteiger charge is -2.37. The number of nitrogens with zero attached hydrogens (tertiary/aromatic N) is 2. The minimum atomic E-state index is -3.00. The molecule has 5 rings (SSSR count). The molecule has 3 atom stereocenters. The van der Waals surface area contributed by atoms with E-state index in [1.54, 1.807) is 0 Å². The molecule has 3 unspecified atom stereocenters. The molecule has 3 heterocycles. The summed E-state index contributed by atoms with van der Waals surface area (Å²) >= 11 is 0. The number of amides is 2. The van der Waals surface area contributed by atoms with Crippen molar-refractivity contribution in [3.8, 4) is 11.1 Å². The van der Waals surface area contributed by atoms with Crippen LogP contribution in [0.5, 0.6) is 0 Å². The molecule has 10 heteroatoms. The maximum atomic E-state index is 13.8. The van der Waals surface area contributed by atoms with Crippen LogP contribution in [-0.4, -0.2) is 88.1 Å². The molecule has 0 aliphatic carbocycles. The fraction of sp³-hybridized carbons (Fsp3) is 0.588. The molecule has 44 heavy (non-hydrogen) atoms. The summed E-state index contributed by atoms with van der Waals surface area (Å²) in [5.41, 5.74) is 5.58. The molecule has 2 aromatic carbocycles. The van der Waals surface area contributed by atoms with Gasteiger partial charge >= 0.3 is 0 Å². The van der Waals surface area contributed by atoms with Crippen LogP contribution >= 0.6 is 0 Å². The van der Waals surface area contributed by atoms with Gasteiger partial charge in [-0.15, -0.1) is 0 Å². The van der Waals surface area contributed by atoms with Gasteiger partial charge in [0.2, 0.25) is 5.91 Å². The van der Waals surface area contributed by atoms with E-state index in [9.17, 15) is 18.0 Å². The lowest BCUT2D eigenvalue weighted by atomic mass is 9.84. The number of rotatable bonds is 9. The van der Waals surface area contributed by atoms with E-state index in [-0.39, 0.29) is 53.8 Å². The summed E-state index contributed by atoms with van der Waals surface area (Å²) in [6, 6.07) is 12.9. The summed E-state index contributed by atoms with van der Waals surface area (Å²) in [7, 11) is -3.00. The topological polar surface area (TPSA) is 108 Å². The van der Waals surface area contributed by atoms with E-state index in [2.05, 4.69) is 64.6 Å². The maximum absolute atomic E-state index is 13.8. The molecule has 2 aromatic rings. The van der Waals surface area contributed by atoms with Crippen molar-refractivity contribution >= 4 is 27.3 Å². The second-order valence-corrected chi connectivity index (χ2v) is 15.2. The van der Waals surface area contributed by atoms with Crippen molar-refractivity contribution in [1.29, 1.82) is 0 Å². The molecule has 0 radical (unpaired) electrons. The highest BCUT2D eigenvalue weighted by Gasteiger charge is 2.33. The third-order valence-electron chi connectivity index (χ3n) is 9.66. The number of carbonyl (C=O) groups excluding carboxylic acids is 2. The Morgan fingerprint density at radius 2 is 1.75 bits per heavy atom. The van der Waals surface area contributed by atoms with Gasteiger partial charge in [-0.1, -0.05) is 31.2 Å². The third-order valence-corrected chi connectivity index (χ3v) is 11.4. The lowest BCUT2D eigenvalue weighted by molar-refractivity contribution is -0.129. The normalized spacial score (nSPS) is 24.5. The molecule has 0 aromatic heterocycles. The van der Waals surface area contributed by atoms with Gasteiger partial charge in [0.1, 0.15) is 9.84 Å². The van der Waals surface area contributed by atoms with Crippen LogP contribution in [0, 0.1) is 18.8 Å². The van der Waals surface area contributed by atoms with Gasteiger partial charge in [0, 0.05) is 56.1 Å². The van der Waals surface area contributed by atoms with E-state index in [0.717, 1.165) is 61.6 Å². The van der Waals surface area contributed by atoms with E-state index in [1.165, 1.54) is 5.56 Å². The summed E-state index contributed by atoms with van der Waals surface area (Å²) in [6.07, 6.45) is 2.03. The fourth-order valence-electron chi connectivity index (χ4n) is 7.02. The second-order valence-electron chi connectivity index (χ2n) is 12.9. The van der Waals surface area contributed by atoms with Crippen LogP contribution in [0.3, 0.4) is 0 Å². The van der Waals surface area contributed by atoms with Crippen molar-refractivity contribution in [1.82, 2.24) is 15.5 Å². The van der Waals surface area contributed by atoms with Crippen LogP contribution in [0.25, 0.3) is 11.1 Å². The Labute approximate surface area is 262 Å². The first-order valence-electron chi connectivity index (χ1n) is 16.1. The smallest absolute Gasteiger partial charge is 0.251 e. The van der Waals surface area contributed by atoms with Gasteiger partial charge in [-0.2, -0.15) is 0 Å². The van der Waals surface area contributed by atoms with Crippen molar-refractivity contribution in [3.05, 3.63) is 53.1 Å². The van der Waals surface area contributed by atoms with E-state index in [4.69, 9.17) is 4.74 Å². The van der Waals surface area contributed by atoms with Crippen LogP contribution in [0.4, 0.5) is 5.69 Å². The molecule has 2 amide bonds. The zero-order valence-corrected chi connectivity index (χ0v) is 27.4. The Morgan fingerprint density at radius 3 is 2.39 bits per heavy atom. The molecule has 3 aliphatic rings. The average molecular weight is 625 g/mol. The van der Waals surface area contributed by atoms with Crippen LogP contribution in [0.2, 0.25) is 0 Å². The molecule has 9 nitrogen and oxygen atoms in total. The molecule has 2 N–H and O–H groups in total. The van der Waals surface area contributed by atoms with Crippen molar-refractivity contribution in [2.24, 2.45) is 11.8 Å². The number of morpholine rings is 1. The Balaban J connectivity index is 1.44. The number of carbonyl (C=O) groups is 2. The number of benzene rings is 2. The lowest BCUT2D eigenvalue weighted by Crippen LogP contribution is -2.50. The molecule has 0 bridgehead atoms. The number of piperidine rings is 1. The van der Waals surface area contributed by atoms with E-state index in [0.29, 0.717) is 24.9 Å². The van der Waals surface area contributed by atoms with Gasteiger partial charge in [0.05, 0.1) is 30.6 Å².